The molecule has 2 fully saturated rings. The normalized spacial score (nSPS) is 19.0. The summed E-state index contributed by atoms with van der Waals surface area (Å²) >= 11 is 0. The van der Waals surface area contributed by atoms with E-state index in [0.717, 1.165) is 42.8 Å². The van der Waals surface area contributed by atoms with Crippen molar-refractivity contribution in [3.8, 4) is 0 Å². The Morgan fingerprint density at radius 2 is 2.08 bits per heavy atom. The third-order valence-electron chi connectivity index (χ3n) is 5.00. The number of nitrogens with two attached hydrogens (primary N) is 1. The van der Waals surface area contributed by atoms with Gasteiger partial charge >= 0.3 is 0 Å². The molecule has 3 N–H and O–H groups in total. The first-order valence-corrected chi connectivity index (χ1v) is 8.21. The molecule has 2 amide bonds. The second kappa shape index (κ2) is 5.47. The van der Waals surface area contributed by atoms with Crippen LogP contribution < -0.4 is 10.6 Å². The molecule has 126 valence electrons. The fraction of sp³-hybridized carbons (Fsp3) is 0.500. The zero-order valence-corrected chi connectivity index (χ0v) is 13.4. The number of nitrogens with zero attached hydrogens (tertiary/aromatic N) is 4. The van der Waals surface area contributed by atoms with E-state index in [1.54, 1.807) is 6.33 Å². The highest BCUT2D eigenvalue weighted by Gasteiger charge is 2.53. The lowest BCUT2D eigenvalue weighted by Crippen LogP contribution is -2.57. The van der Waals surface area contributed by atoms with Crippen molar-refractivity contribution < 1.29 is 9.59 Å². The van der Waals surface area contributed by atoms with Crippen molar-refractivity contribution >= 4 is 28.7 Å². The predicted molar refractivity (Wildman–Crippen MR) is 88.2 cm³/mol. The molecule has 0 unspecified atom stereocenters. The number of carbonyl (C=O) groups is 2. The average molecular weight is 328 g/mol. The van der Waals surface area contributed by atoms with Gasteiger partial charge in [0.15, 0.2) is 0 Å². The van der Waals surface area contributed by atoms with Gasteiger partial charge in [-0.2, -0.15) is 0 Å². The molecule has 4 rings (SSSR count). The highest BCUT2D eigenvalue weighted by molar-refractivity contribution is 5.88. The fourth-order valence-electron chi connectivity index (χ4n) is 3.60. The van der Waals surface area contributed by atoms with Crippen LogP contribution in [0.4, 0.5) is 5.82 Å². The number of rotatable bonds is 4. The zero-order chi connectivity index (χ0) is 16.7. The number of primary amides is 1. The van der Waals surface area contributed by atoms with Crippen LogP contribution in [0.2, 0.25) is 0 Å². The van der Waals surface area contributed by atoms with Gasteiger partial charge in [-0.15, -0.1) is 0 Å². The second-order valence-corrected chi connectivity index (χ2v) is 6.59. The third kappa shape index (κ3) is 2.47. The average Bonchev–Trinajstić information content (AvgIpc) is 3.15. The molecule has 3 heterocycles. The molecule has 8 heteroatoms. The number of aromatic amines is 1. The van der Waals surface area contributed by atoms with Crippen LogP contribution in [0, 0.1) is 0 Å². The molecule has 2 aromatic heterocycles. The second-order valence-electron chi connectivity index (χ2n) is 6.59. The number of anilines is 1. The Bertz CT molecular complexity index is 797. The molecule has 1 aliphatic carbocycles. The molecular formula is C16H20N6O2. The number of aromatic nitrogens is 3. The van der Waals surface area contributed by atoms with Gasteiger partial charge in [-0.25, -0.2) is 9.97 Å². The standard InChI is InChI=1S/C16H20N6O2/c17-12(23)1-2-13(24)22-8-7-21(9-16(22)4-5-16)15-11-3-6-18-14(11)19-10-20-15/h3,6,10H,1-2,4-5,7-9H2,(H2,17,23)(H,18,19,20). The van der Waals surface area contributed by atoms with Gasteiger partial charge in [-0.1, -0.05) is 0 Å². The maximum absolute atomic E-state index is 12.4. The van der Waals surface area contributed by atoms with Gasteiger partial charge in [0.2, 0.25) is 11.8 Å². The molecule has 0 radical (unpaired) electrons. The fourth-order valence-corrected chi connectivity index (χ4v) is 3.60. The lowest BCUT2D eigenvalue weighted by molar-refractivity contribution is -0.136. The topological polar surface area (TPSA) is 108 Å². The zero-order valence-electron chi connectivity index (χ0n) is 13.4. The summed E-state index contributed by atoms with van der Waals surface area (Å²) in [5.41, 5.74) is 5.87. The molecule has 2 aromatic rings. The van der Waals surface area contributed by atoms with Crippen molar-refractivity contribution in [1.29, 1.82) is 0 Å². The van der Waals surface area contributed by atoms with Crippen LogP contribution in [0.5, 0.6) is 0 Å². The van der Waals surface area contributed by atoms with Crippen LogP contribution in [0.25, 0.3) is 11.0 Å². The summed E-state index contributed by atoms with van der Waals surface area (Å²) in [5, 5.41) is 1.00. The maximum Gasteiger partial charge on any atom is 0.223 e. The molecule has 24 heavy (non-hydrogen) atoms. The Morgan fingerprint density at radius 3 is 2.83 bits per heavy atom. The molecular weight excluding hydrogens is 308 g/mol. The molecule has 8 nitrogen and oxygen atoms in total. The number of H-pyrrole nitrogens is 1. The Kier molecular flexibility index (Phi) is 3.40. The molecule has 1 saturated carbocycles. The lowest BCUT2D eigenvalue weighted by atomic mass is 10.1. The van der Waals surface area contributed by atoms with Crippen LogP contribution in [0.3, 0.4) is 0 Å². The van der Waals surface area contributed by atoms with Crippen molar-refractivity contribution in [2.45, 2.75) is 31.2 Å². The van der Waals surface area contributed by atoms with E-state index in [-0.39, 0.29) is 24.3 Å². The minimum absolute atomic E-state index is 0.0282. The number of hydrogen-bond acceptors (Lipinski definition) is 5. The summed E-state index contributed by atoms with van der Waals surface area (Å²) < 4.78 is 0. The largest absolute Gasteiger partial charge is 0.370 e. The Hall–Kier alpha value is -2.64. The molecule has 0 atom stereocenters. The summed E-state index contributed by atoms with van der Waals surface area (Å²) in [6.07, 6.45) is 5.73. The van der Waals surface area contributed by atoms with Gasteiger partial charge < -0.3 is 20.5 Å². The van der Waals surface area contributed by atoms with Crippen molar-refractivity contribution in [3.63, 3.8) is 0 Å². The van der Waals surface area contributed by atoms with Crippen LogP contribution in [-0.2, 0) is 9.59 Å². The first kappa shape index (κ1) is 14.9. The predicted octanol–water partition coefficient (Wildman–Crippen LogP) is 0.405. The van der Waals surface area contributed by atoms with Crippen LogP contribution in [0.1, 0.15) is 25.7 Å². The van der Waals surface area contributed by atoms with Gasteiger partial charge in [0.1, 0.15) is 17.8 Å². The molecule has 0 aromatic carbocycles. The number of carbonyl (C=O) groups excluding carboxylic acids is 2. The van der Waals surface area contributed by atoms with Crippen LogP contribution in [0.15, 0.2) is 18.6 Å². The SMILES string of the molecule is NC(=O)CCC(=O)N1CCN(c2ncnc3[nH]ccc23)CC12CC2. The molecule has 1 aliphatic heterocycles. The quantitative estimate of drug-likeness (QED) is 0.845. The smallest absolute Gasteiger partial charge is 0.223 e. The van der Waals surface area contributed by atoms with Gasteiger partial charge in [0.05, 0.1) is 10.9 Å². The van der Waals surface area contributed by atoms with E-state index in [9.17, 15) is 9.59 Å². The van der Waals surface area contributed by atoms with Crippen molar-refractivity contribution in [1.82, 2.24) is 19.9 Å². The van der Waals surface area contributed by atoms with Crippen LogP contribution >= 0.6 is 0 Å². The number of nitrogens with one attached hydrogen (secondary N) is 1. The van der Waals surface area contributed by atoms with E-state index in [1.807, 2.05) is 17.2 Å². The summed E-state index contributed by atoms with van der Waals surface area (Å²) in [6.45, 7) is 2.14. The van der Waals surface area contributed by atoms with E-state index >= 15 is 0 Å². The summed E-state index contributed by atoms with van der Waals surface area (Å²) in [5.74, 6) is 0.514. The van der Waals surface area contributed by atoms with Crippen molar-refractivity contribution in [2.24, 2.45) is 5.73 Å². The van der Waals surface area contributed by atoms with Crippen LogP contribution in [-0.4, -0.2) is 56.8 Å². The van der Waals surface area contributed by atoms with Crippen molar-refractivity contribution in [2.75, 3.05) is 24.5 Å². The first-order chi connectivity index (χ1) is 11.6. The van der Waals surface area contributed by atoms with E-state index in [2.05, 4.69) is 19.9 Å². The van der Waals surface area contributed by atoms with E-state index in [1.165, 1.54) is 0 Å². The summed E-state index contributed by atoms with van der Waals surface area (Å²) in [7, 11) is 0. The Balaban J connectivity index is 1.53. The first-order valence-electron chi connectivity index (χ1n) is 8.21. The van der Waals surface area contributed by atoms with Gasteiger partial charge in [-0.3, -0.25) is 9.59 Å². The number of amides is 2. The monoisotopic (exact) mass is 328 g/mol. The number of hydrogen-bond donors (Lipinski definition) is 2. The number of piperazine rings is 1. The Morgan fingerprint density at radius 1 is 1.25 bits per heavy atom. The highest BCUT2D eigenvalue weighted by atomic mass is 16.2. The van der Waals surface area contributed by atoms with E-state index < -0.39 is 5.91 Å². The van der Waals surface area contributed by atoms with Gasteiger partial charge in [0, 0.05) is 38.7 Å². The Labute approximate surface area is 139 Å². The minimum Gasteiger partial charge on any atom is -0.370 e. The van der Waals surface area contributed by atoms with Gasteiger partial charge in [-0.05, 0) is 18.9 Å². The number of fused-ring (bicyclic) bond motifs is 1. The molecule has 0 bridgehead atoms. The summed E-state index contributed by atoms with van der Waals surface area (Å²) in [6, 6.07) is 1.98. The highest BCUT2D eigenvalue weighted by Crippen LogP contribution is 2.45. The van der Waals surface area contributed by atoms with Gasteiger partial charge in [0.25, 0.3) is 0 Å². The molecule has 2 aliphatic rings. The third-order valence-corrected chi connectivity index (χ3v) is 5.00. The van der Waals surface area contributed by atoms with E-state index in [4.69, 9.17) is 5.73 Å². The van der Waals surface area contributed by atoms with E-state index in [0.29, 0.717) is 6.54 Å². The summed E-state index contributed by atoms with van der Waals surface area (Å²) in [4.78, 5) is 39.3. The molecule has 1 spiro atoms. The minimum atomic E-state index is -0.428. The lowest BCUT2D eigenvalue weighted by Gasteiger charge is -2.43. The molecule has 1 saturated heterocycles. The maximum atomic E-state index is 12.4. The van der Waals surface area contributed by atoms with Crippen molar-refractivity contribution in [3.05, 3.63) is 18.6 Å².